The highest BCUT2D eigenvalue weighted by atomic mass is 32.2. The fourth-order valence-electron chi connectivity index (χ4n) is 1.78. The number of hydrogen-bond donors (Lipinski definition) is 1. The van der Waals surface area contributed by atoms with Crippen LogP contribution in [0.3, 0.4) is 0 Å². The van der Waals surface area contributed by atoms with Crippen LogP contribution in [-0.2, 0) is 11.5 Å². The second kappa shape index (κ2) is 7.74. The van der Waals surface area contributed by atoms with Crippen LogP contribution < -0.4 is 5.32 Å². The Labute approximate surface area is 130 Å². The molecule has 21 heavy (non-hydrogen) atoms. The van der Waals surface area contributed by atoms with Crippen molar-refractivity contribution in [1.29, 1.82) is 0 Å². The average molecular weight is 300 g/mol. The molecule has 110 valence electrons. The molecule has 2 aromatic rings. The van der Waals surface area contributed by atoms with Crippen LogP contribution in [0.25, 0.3) is 0 Å². The van der Waals surface area contributed by atoms with Crippen LogP contribution in [0.4, 0.5) is 10.5 Å². The first kappa shape index (κ1) is 15.4. The summed E-state index contributed by atoms with van der Waals surface area (Å²) in [6.45, 7) is 0. The van der Waals surface area contributed by atoms with Crippen molar-refractivity contribution in [2.75, 3.05) is 19.4 Å². The summed E-state index contributed by atoms with van der Waals surface area (Å²) >= 11 is 1.89. The van der Waals surface area contributed by atoms with Gasteiger partial charge in [0.05, 0.1) is 0 Å². The predicted octanol–water partition coefficient (Wildman–Crippen LogP) is 4.21. The maximum Gasteiger partial charge on any atom is 0.321 e. The van der Waals surface area contributed by atoms with Gasteiger partial charge in [0.1, 0.15) is 0 Å². The summed E-state index contributed by atoms with van der Waals surface area (Å²) in [7, 11) is 3.45. The van der Waals surface area contributed by atoms with Gasteiger partial charge in [-0.25, -0.2) is 4.79 Å². The van der Waals surface area contributed by atoms with Crippen molar-refractivity contribution in [3.05, 3.63) is 65.7 Å². The fraction of sp³-hybridized carbons (Fsp3) is 0.235. The van der Waals surface area contributed by atoms with Gasteiger partial charge in [-0.3, -0.25) is 0 Å². The summed E-state index contributed by atoms with van der Waals surface area (Å²) < 4.78 is 0. The van der Waals surface area contributed by atoms with Crippen molar-refractivity contribution in [2.24, 2.45) is 0 Å². The molecule has 0 fully saturated rings. The molecular weight excluding hydrogens is 280 g/mol. The Morgan fingerprint density at radius 3 is 2.10 bits per heavy atom. The summed E-state index contributed by atoms with van der Waals surface area (Å²) in [6.07, 6.45) is 0. The first-order valence-electron chi connectivity index (χ1n) is 6.84. The van der Waals surface area contributed by atoms with Crippen LogP contribution in [0.5, 0.6) is 0 Å². The Hall–Kier alpha value is -1.94. The lowest BCUT2D eigenvalue weighted by Gasteiger charge is -2.12. The minimum Gasteiger partial charge on any atom is -0.331 e. The zero-order valence-electron chi connectivity index (χ0n) is 12.4. The Balaban J connectivity index is 1.81. The molecule has 2 aromatic carbocycles. The largest absolute Gasteiger partial charge is 0.331 e. The minimum atomic E-state index is -0.110. The maximum atomic E-state index is 11.5. The van der Waals surface area contributed by atoms with Crippen molar-refractivity contribution in [1.82, 2.24) is 4.90 Å². The summed E-state index contributed by atoms with van der Waals surface area (Å²) in [5, 5.41) is 2.83. The zero-order chi connectivity index (χ0) is 15.1. The van der Waals surface area contributed by atoms with E-state index in [0.717, 1.165) is 17.2 Å². The van der Waals surface area contributed by atoms with E-state index < -0.39 is 0 Å². The summed E-state index contributed by atoms with van der Waals surface area (Å²) in [5.41, 5.74) is 3.43. The van der Waals surface area contributed by atoms with Gasteiger partial charge < -0.3 is 10.2 Å². The second-order valence-electron chi connectivity index (χ2n) is 5.00. The molecule has 2 rings (SSSR count). The molecule has 0 saturated heterocycles. The van der Waals surface area contributed by atoms with Gasteiger partial charge in [-0.1, -0.05) is 42.5 Å². The molecule has 0 atom stereocenters. The normalized spacial score (nSPS) is 10.2. The van der Waals surface area contributed by atoms with Crippen molar-refractivity contribution < 1.29 is 4.79 Å². The van der Waals surface area contributed by atoms with E-state index in [0.29, 0.717) is 0 Å². The van der Waals surface area contributed by atoms with E-state index in [1.165, 1.54) is 16.0 Å². The molecule has 4 heteroatoms. The maximum absolute atomic E-state index is 11.5. The number of rotatable bonds is 5. The number of nitrogens with zero attached hydrogens (tertiary/aromatic N) is 1. The average Bonchev–Trinajstić information content (AvgIpc) is 2.50. The smallest absolute Gasteiger partial charge is 0.321 e. The summed E-state index contributed by atoms with van der Waals surface area (Å²) in [5.74, 6) is 1.98. The van der Waals surface area contributed by atoms with Gasteiger partial charge in [0.25, 0.3) is 0 Å². The Morgan fingerprint density at radius 1 is 0.952 bits per heavy atom. The van der Waals surface area contributed by atoms with Crippen LogP contribution >= 0.6 is 11.8 Å². The highest BCUT2D eigenvalue weighted by molar-refractivity contribution is 7.97. The monoisotopic (exact) mass is 300 g/mol. The van der Waals surface area contributed by atoms with E-state index >= 15 is 0 Å². The first-order valence-corrected chi connectivity index (χ1v) is 7.99. The highest BCUT2D eigenvalue weighted by Crippen LogP contribution is 2.19. The van der Waals surface area contributed by atoms with Crippen LogP contribution in [0.2, 0.25) is 0 Å². The lowest BCUT2D eigenvalue weighted by atomic mass is 10.2. The molecule has 0 aliphatic heterocycles. The van der Waals surface area contributed by atoms with Gasteiger partial charge in [-0.2, -0.15) is 11.8 Å². The fourth-order valence-corrected chi connectivity index (χ4v) is 2.74. The summed E-state index contributed by atoms with van der Waals surface area (Å²) in [6, 6.07) is 18.4. The Bertz CT molecular complexity index is 567. The third-order valence-corrected chi connectivity index (χ3v) is 4.07. The Kier molecular flexibility index (Phi) is 5.69. The molecule has 0 aliphatic carbocycles. The number of nitrogens with one attached hydrogen (secondary N) is 1. The number of benzene rings is 2. The van der Waals surface area contributed by atoms with Gasteiger partial charge in [-0.15, -0.1) is 0 Å². The van der Waals surface area contributed by atoms with E-state index in [1.54, 1.807) is 14.1 Å². The van der Waals surface area contributed by atoms with Gasteiger partial charge in [0, 0.05) is 31.3 Å². The molecule has 0 radical (unpaired) electrons. The summed E-state index contributed by atoms with van der Waals surface area (Å²) in [4.78, 5) is 13.1. The number of anilines is 1. The van der Waals surface area contributed by atoms with Gasteiger partial charge in [-0.05, 0) is 23.3 Å². The van der Waals surface area contributed by atoms with Crippen LogP contribution in [0.15, 0.2) is 54.6 Å². The first-order chi connectivity index (χ1) is 10.1. The molecule has 0 heterocycles. The van der Waals surface area contributed by atoms with Gasteiger partial charge in [0.15, 0.2) is 0 Å². The molecular formula is C17H20N2OS. The molecule has 0 aliphatic rings. The van der Waals surface area contributed by atoms with E-state index in [9.17, 15) is 4.79 Å². The molecule has 0 aromatic heterocycles. The van der Waals surface area contributed by atoms with Crippen molar-refractivity contribution in [3.63, 3.8) is 0 Å². The molecule has 0 bridgehead atoms. The third-order valence-electron chi connectivity index (χ3n) is 2.99. The number of amides is 2. The van der Waals surface area contributed by atoms with Crippen LogP contribution in [-0.4, -0.2) is 25.0 Å². The molecule has 2 amide bonds. The number of hydrogen-bond acceptors (Lipinski definition) is 2. The zero-order valence-corrected chi connectivity index (χ0v) is 13.2. The Morgan fingerprint density at radius 2 is 1.52 bits per heavy atom. The topological polar surface area (TPSA) is 32.3 Å². The van der Waals surface area contributed by atoms with E-state index in [2.05, 4.69) is 41.7 Å². The van der Waals surface area contributed by atoms with Gasteiger partial charge >= 0.3 is 6.03 Å². The van der Waals surface area contributed by atoms with Crippen molar-refractivity contribution in [2.45, 2.75) is 11.5 Å². The molecule has 0 unspecified atom stereocenters. The highest BCUT2D eigenvalue weighted by Gasteiger charge is 2.03. The predicted molar refractivity (Wildman–Crippen MR) is 90.6 cm³/mol. The number of carbonyl (C=O) groups is 1. The SMILES string of the molecule is CN(C)C(=O)Nc1ccc(CSCc2ccccc2)cc1. The number of carbonyl (C=O) groups excluding carboxylic acids is 1. The minimum absolute atomic E-state index is 0.110. The van der Waals surface area contributed by atoms with E-state index in [1.807, 2.05) is 30.0 Å². The van der Waals surface area contributed by atoms with E-state index in [4.69, 9.17) is 0 Å². The molecule has 0 saturated carbocycles. The second-order valence-corrected chi connectivity index (χ2v) is 5.99. The number of urea groups is 1. The van der Waals surface area contributed by atoms with Crippen LogP contribution in [0, 0.1) is 0 Å². The quantitative estimate of drug-likeness (QED) is 0.897. The van der Waals surface area contributed by atoms with Crippen LogP contribution in [0.1, 0.15) is 11.1 Å². The lowest BCUT2D eigenvalue weighted by molar-refractivity contribution is 0.230. The molecule has 1 N–H and O–H groups in total. The van der Waals surface area contributed by atoms with E-state index in [-0.39, 0.29) is 6.03 Å². The van der Waals surface area contributed by atoms with Gasteiger partial charge in [0.2, 0.25) is 0 Å². The van der Waals surface area contributed by atoms with Crippen molar-refractivity contribution >= 4 is 23.5 Å². The molecule has 3 nitrogen and oxygen atoms in total. The lowest BCUT2D eigenvalue weighted by Crippen LogP contribution is -2.27. The molecule has 0 spiro atoms. The standard InChI is InChI=1S/C17H20N2OS/c1-19(2)17(20)18-16-10-8-15(9-11-16)13-21-12-14-6-4-3-5-7-14/h3-11H,12-13H2,1-2H3,(H,18,20). The third kappa shape index (κ3) is 5.16. The number of thioether (sulfide) groups is 1. The van der Waals surface area contributed by atoms with Crippen molar-refractivity contribution in [3.8, 4) is 0 Å².